The number of benzene rings is 1. The predicted molar refractivity (Wildman–Crippen MR) is 92.3 cm³/mol. The number of aromatic amines is 1. The van der Waals surface area contributed by atoms with Crippen molar-refractivity contribution in [1.29, 1.82) is 0 Å². The average Bonchev–Trinajstić information content (AvgIpc) is 2.99. The van der Waals surface area contributed by atoms with Gasteiger partial charge in [-0.2, -0.15) is 5.10 Å². The molecule has 2 bridgehead atoms. The molecular formula is C19H21N3O. The molecule has 1 saturated carbocycles. The Kier molecular flexibility index (Phi) is 3.15. The number of fused-ring (bicyclic) bond motifs is 2. The zero-order chi connectivity index (χ0) is 16.0. The van der Waals surface area contributed by atoms with Gasteiger partial charge in [0.15, 0.2) is 0 Å². The second-order valence-corrected chi connectivity index (χ2v) is 7.19. The zero-order valence-corrected chi connectivity index (χ0v) is 13.5. The van der Waals surface area contributed by atoms with E-state index in [9.17, 15) is 4.79 Å². The van der Waals surface area contributed by atoms with Gasteiger partial charge in [0.25, 0.3) is 5.91 Å². The number of nitrogens with one attached hydrogen (secondary N) is 2. The number of nitrogens with zero attached hydrogens (tertiary/aromatic N) is 1. The van der Waals surface area contributed by atoms with E-state index < -0.39 is 0 Å². The van der Waals surface area contributed by atoms with Gasteiger partial charge in [0.05, 0.1) is 11.8 Å². The third-order valence-electron chi connectivity index (χ3n) is 5.72. The highest BCUT2D eigenvalue weighted by atomic mass is 16.2. The fourth-order valence-electron chi connectivity index (χ4n) is 4.03. The second kappa shape index (κ2) is 5.08. The zero-order valence-electron chi connectivity index (χ0n) is 13.5. The maximum absolute atomic E-state index is 12.3. The third-order valence-corrected chi connectivity index (χ3v) is 5.72. The van der Waals surface area contributed by atoms with Crippen LogP contribution in [0.15, 0.2) is 47.2 Å². The second-order valence-electron chi connectivity index (χ2n) is 7.19. The van der Waals surface area contributed by atoms with Crippen LogP contribution in [-0.4, -0.2) is 17.1 Å². The first-order valence-corrected chi connectivity index (χ1v) is 8.17. The third kappa shape index (κ3) is 2.21. The van der Waals surface area contributed by atoms with Crippen molar-refractivity contribution in [2.45, 2.75) is 26.7 Å². The van der Waals surface area contributed by atoms with Gasteiger partial charge in [-0.05, 0) is 41.7 Å². The van der Waals surface area contributed by atoms with Crippen LogP contribution in [0.1, 0.15) is 37.0 Å². The predicted octanol–water partition coefficient (Wildman–Crippen LogP) is 3.88. The number of para-hydroxylation sites is 1. The summed E-state index contributed by atoms with van der Waals surface area (Å²) in [5.74, 6) is 1.21. The normalized spacial score (nSPS) is 25.2. The lowest BCUT2D eigenvalue weighted by molar-refractivity contribution is -0.00126. The summed E-state index contributed by atoms with van der Waals surface area (Å²) in [6.45, 7) is 4.66. The van der Waals surface area contributed by atoms with Crippen LogP contribution in [0.3, 0.4) is 0 Å². The maximum Gasteiger partial charge on any atom is 0.273 e. The molecule has 0 aliphatic heterocycles. The molecule has 1 amide bonds. The summed E-state index contributed by atoms with van der Waals surface area (Å²) in [5, 5.41) is 5.11. The molecule has 2 aromatic rings. The minimum absolute atomic E-state index is 0.180. The molecule has 0 saturated heterocycles. The van der Waals surface area contributed by atoms with E-state index in [4.69, 9.17) is 0 Å². The average molecular weight is 307 g/mol. The standard InChI is InChI=1S/C19H21N3O/c1-19(2)13-8-7-12(16(19)9-13)10-21-22-18(23)15-11-20-17-6-4-3-5-14(15)17/h3-7,10-11,13,16,20H,8-9H2,1-2H3,(H,22,23)/b21-10+. The van der Waals surface area contributed by atoms with Crippen molar-refractivity contribution >= 4 is 23.0 Å². The lowest BCUT2D eigenvalue weighted by Crippen LogP contribution is -2.48. The van der Waals surface area contributed by atoms with Crippen molar-refractivity contribution in [1.82, 2.24) is 10.4 Å². The van der Waals surface area contributed by atoms with Gasteiger partial charge in [-0.1, -0.05) is 38.1 Å². The highest BCUT2D eigenvalue weighted by molar-refractivity contribution is 6.06. The Morgan fingerprint density at radius 1 is 1.39 bits per heavy atom. The molecule has 0 spiro atoms. The number of hydrogen-bond acceptors (Lipinski definition) is 2. The first-order chi connectivity index (χ1) is 11.1. The van der Waals surface area contributed by atoms with Crippen LogP contribution in [0.5, 0.6) is 0 Å². The lowest BCUT2D eigenvalue weighted by atomic mass is 9.49. The van der Waals surface area contributed by atoms with E-state index >= 15 is 0 Å². The van der Waals surface area contributed by atoms with Gasteiger partial charge in [-0.15, -0.1) is 0 Å². The van der Waals surface area contributed by atoms with E-state index in [-0.39, 0.29) is 5.91 Å². The largest absolute Gasteiger partial charge is 0.360 e. The summed E-state index contributed by atoms with van der Waals surface area (Å²) in [6.07, 6.45) is 8.21. The van der Waals surface area contributed by atoms with E-state index in [0.717, 1.165) is 23.2 Å². The molecule has 3 aliphatic carbocycles. The van der Waals surface area contributed by atoms with Crippen LogP contribution >= 0.6 is 0 Å². The number of hydrogen-bond donors (Lipinski definition) is 2. The van der Waals surface area contributed by atoms with Gasteiger partial charge in [0, 0.05) is 17.1 Å². The molecule has 2 atom stereocenters. The Balaban J connectivity index is 1.47. The van der Waals surface area contributed by atoms with Crippen LogP contribution < -0.4 is 5.43 Å². The Labute approximate surface area is 135 Å². The Hall–Kier alpha value is -2.36. The molecule has 5 rings (SSSR count). The number of amides is 1. The Morgan fingerprint density at radius 3 is 3.00 bits per heavy atom. The molecular weight excluding hydrogens is 286 g/mol. The van der Waals surface area contributed by atoms with Gasteiger partial charge < -0.3 is 4.98 Å². The molecule has 1 fully saturated rings. The molecule has 4 heteroatoms. The number of rotatable bonds is 3. The van der Waals surface area contributed by atoms with E-state index in [1.54, 1.807) is 6.20 Å². The van der Waals surface area contributed by atoms with Crippen LogP contribution in [-0.2, 0) is 0 Å². The highest BCUT2D eigenvalue weighted by Gasteiger charge is 2.50. The molecule has 23 heavy (non-hydrogen) atoms. The van der Waals surface area contributed by atoms with Gasteiger partial charge in [-0.25, -0.2) is 5.43 Å². The summed E-state index contributed by atoms with van der Waals surface area (Å²) < 4.78 is 0. The van der Waals surface area contributed by atoms with E-state index in [1.165, 1.54) is 12.0 Å². The van der Waals surface area contributed by atoms with Gasteiger partial charge in [0.2, 0.25) is 0 Å². The Bertz CT molecular complexity index is 828. The summed E-state index contributed by atoms with van der Waals surface area (Å²) >= 11 is 0. The van der Waals surface area contributed by atoms with Gasteiger partial charge >= 0.3 is 0 Å². The van der Waals surface area contributed by atoms with Crippen molar-refractivity contribution in [3.63, 3.8) is 0 Å². The monoisotopic (exact) mass is 307 g/mol. The molecule has 3 aliphatic rings. The Morgan fingerprint density at radius 2 is 2.22 bits per heavy atom. The first-order valence-electron chi connectivity index (χ1n) is 8.17. The number of aromatic nitrogens is 1. The fraction of sp³-hybridized carbons (Fsp3) is 0.368. The lowest BCUT2D eigenvalue weighted by Gasteiger charge is -2.55. The molecule has 2 unspecified atom stereocenters. The van der Waals surface area contributed by atoms with Crippen LogP contribution in [0.25, 0.3) is 10.9 Å². The van der Waals surface area contributed by atoms with Crippen LogP contribution in [0.2, 0.25) is 0 Å². The number of hydrazone groups is 1. The minimum atomic E-state index is -0.180. The fourth-order valence-corrected chi connectivity index (χ4v) is 4.03. The molecule has 1 aromatic carbocycles. The molecule has 118 valence electrons. The van der Waals surface area contributed by atoms with Crippen molar-refractivity contribution in [2.75, 3.05) is 0 Å². The van der Waals surface area contributed by atoms with Crippen LogP contribution in [0.4, 0.5) is 0 Å². The van der Waals surface area contributed by atoms with Crippen molar-refractivity contribution < 1.29 is 4.79 Å². The summed E-state index contributed by atoms with van der Waals surface area (Å²) in [6, 6.07) is 7.77. The SMILES string of the molecule is CC1(C)C2CC=C(/C=N/NC(=O)c3c[nH]c4ccccc34)C1C2. The number of allylic oxidation sites excluding steroid dienone is 2. The molecule has 2 N–H and O–H groups in total. The van der Waals surface area contributed by atoms with Crippen molar-refractivity contribution in [2.24, 2.45) is 22.4 Å². The summed E-state index contributed by atoms with van der Waals surface area (Å²) in [7, 11) is 0. The quantitative estimate of drug-likeness (QED) is 0.656. The van der Waals surface area contributed by atoms with E-state index in [1.807, 2.05) is 30.5 Å². The number of H-pyrrole nitrogens is 1. The topological polar surface area (TPSA) is 57.2 Å². The van der Waals surface area contributed by atoms with Gasteiger partial charge in [-0.3, -0.25) is 4.79 Å². The molecule has 1 aromatic heterocycles. The van der Waals surface area contributed by atoms with Crippen molar-refractivity contribution in [3.8, 4) is 0 Å². The summed E-state index contributed by atoms with van der Waals surface area (Å²) in [4.78, 5) is 15.4. The first kappa shape index (κ1) is 14.2. The minimum Gasteiger partial charge on any atom is -0.360 e. The maximum atomic E-state index is 12.3. The summed E-state index contributed by atoms with van der Waals surface area (Å²) in [5.41, 5.74) is 5.87. The van der Waals surface area contributed by atoms with E-state index in [0.29, 0.717) is 16.9 Å². The molecule has 0 radical (unpaired) electrons. The van der Waals surface area contributed by atoms with Crippen LogP contribution in [0, 0.1) is 17.3 Å². The molecule has 4 nitrogen and oxygen atoms in total. The smallest absolute Gasteiger partial charge is 0.273 e. The van der Waals surface area contributed by atoms with Gasteiger partial charge in [0.1, 0.15) is 0 Å². The van der Waals surface area contributed by atoms with E-state index in [2.05, 4.69) is 35.4 Å². The number of carbonyl (C=O) groups excluding carboxylic acids is 1. The molecule has 1 heterocycles. The highest BCUT2D eigenvalue weighted by Crippen LogP contribution is 2.58. The number of carbonyl (C=O) groups is 1. The van der Waals surface area contributed by atoms with Crippen molar-refractivity contribution in [3.05, 3.63) is 47.7 Å².